The summed E-state index contributed by atoms with van der Waals surface area (Å²) in [5.41, 5.74) is 4.64. The first-order valence-corrected chi connectivity index (χ1v) is 8.05. The molecular weight excluding hydrogens is 300 g/mol. The van der Waals surface area contributed by atoms with Crippen molar-refractivity contribution >= 4 is 5.82 Å². The van der Waals surface area contributed by atoms with Gasteiger partial charge in [0.05, 0.1) is 11.4 Å². The molecule has 0 radical (unpaired) electrons. The van der Waals surface area contributed by atoms with Crippen LogP contribution < -0.4 is 10.2 Å². The van der Waals surface area contributed by atoms with E-state index in [0.717, 1.165) is 30.3 Å². The molecule has 3 aromatic rings. The van der Waals surface area contributed by atoms with Crippen molar-refractivity contribution in [3.8, 4) is 5.69 Å². The number of rotatable bonds is 6. The van der Waals surface area contributed by atoms with E-state index in [2.05, 4.69) is 51.6 Å². The minimum Gasteiger partial charge on any atom is -0.363 e. The van der Waals surface area contributed by atoms with Gasteiger partial charge in [-0.15, -0.1) is 0 Å². The first-order chi connectivity index (χ1) is 11.6. The lowest BCUT2D eigenvalue weighted by molar-refractivity contribution is 0.688. The van der Waals surface area contributed by atoms with E-state index >= 15 is 0 Å². The van der Waals surface area contributed by atoms with Crippen molar-refractivity contribution < 1.29 is 0 Å². The Bertz CT molecular complexity index is 784. The van der Waals surface area contributed by atoms with Gasteiger partial charge in [-0.05, 0) is 30.7 Å². The van der Waals surface area contributed by atoms with Crippen molar-refractivity contribution in [3.05, 3.63) is 59.5 Å². The molecule has 126 valence electrons. The quantitative estimate of drug-likeness (QED) is 0.756. The Morgan fingerprint density at radius 1 is 1.12 bits per heavy atom. The fraction of sp³-hybridized carbons (Fsp3) is 0.333. The molecule has 0 atom stereocenters. The summed E-state index contributed by atoms with van der Waals surface area (Å²) in [5.74, 6) is 1.15. The highest BCUT2D eigenvalue weighted by molar-refractivity contribution is 5.48. The molecule has 0 aliphatic rings. The van der Waals surface area contributed by atoms with Crippen LogP contribution in [0.1, 0.15) is 16.8 Å². The zero-order valence-corrected chi connectivity index (χ0v) is 14.7. The standard InChI is InChI=1S/C18H24N6/c1-14-17(18(22(2)3)23(4)21-14)13-19-12-15-6-8-16(9-7-15)24-11-5-10-20-24/h5-11,19H,12-13H2,1-4H3. The van der Waals surface area contributed by atoms with Gasteiger partial charge in [-0.3, -0.25) is 4.68 Å². The molecule has 0 fully saturated rings. The number of aromatic nitrogens is 4. The maximum Gasteiger partial charge on any atom is 0.130 e. The summed E-state index contributed by atoms with van der Waals surface area (Å²) >= 11 is 0. The van der Waals surface area contributed by atoms with Crippen molar-refractivity contribution in [2.45, 2.75) is 20.0 Å². The number of nitrogens with zero attached hydrogens (tertiary/aromatic N) is 5. The zero-order valence-electron chi connectivity index (χ0n) is 14.7. The van der Waals surface area contributed by atoms with Gasteiger partial charge in [-0.1, -0.05) is 12.1 Å². The van der Waals surface area contributed by atoms with Crippen molar-refractivity contribution in [3.63, 3.8) is 0 Å². The van der Waals surface area contributed by atoms with E-state index in [9.17, 15) is 0 Å². The van der Waals surface area contributed by atoms with Crippen LogP contribution in [0, 0.1) is 6.92 Å². The summed E-state index contributed by atoms with van der Waals surface area (Å²) in [6, 6.07) is 10.4. The highest BCUT2D eigenvalue weighted by atomic mass is 15.4. The summed E-state index contributed by atoms with van der Waals surface area (Å²) in [5, 5.41) is 12.3. The Kier molecular flexibility index (Phi) is 4.66. The van der Waals surface area contributed by atoms with Crippen LogP contribution in [-0.2, 0) is 20.1 Å². The van der Waals surface area contributed by atoms with Crippen LogP contribution in [0.15, 0.2) is 42.7 Å². The van der Waals surface area contributed by atoms with Crippen molar-refractivity contribution in [1.29, 1.82) is 0 Å². The van der Waals surface area contributed by atoms with Crippen LogP contribution in [0.25, 0.3) is 5.69 Å². The van der Waals surface area contributed by atoms with E-state index in [4.69, 9.17) is 0 Å². The molecule has 0 saturated heterocycles. The molecule has 0 aliphatic carbocycles. The largest absolute Gasteiger partial charge is 0.363 e. The summed E-state index contributed by atoms with van der Waals surface area (Å²) < 4.78 is 3.80. The molecule has 0 spiro atoms. The van der Waals surface area contributed by atoms with E-state index in [-0.39, 0.29) is 0 Å². The number of hydrogen-bond acceptors (Lipinski definition) is 4. The third-order valence-corrected chi connectivity index (χ3v) is 4.07. The van der Waals surface area contributed by atoms with Crippen LogP contribution in [-0.4, -0.2) is 33.7 Å². The van der Waals surface area contributed by atoms with Gasteiger partial charge < -0.3 is 10.2 Å². The molecular formula is C18H24N6. The molecule has 0 aliphatic heterocycles. The van der Waals surface area contributed by atoms with Crippen LogP contribution in [0.5, 0.6) is 0 Å². The van der Waals surface area contributed by atoms with Crippen LogP contribution >= 0.6 is 0 Å². The lowest BCUT2D eigenvalue weighted by Gasteiger charge is -2.15. The SMILES string of the molecule is Cc1nn(C)c(N(C)C)c1CNCc1ccc(-n2cccn2)cc1. The fourth-order valence-corrected chi connectivity index (χ4v) is 2.98. The number of aryl methyl sites for hydroxylation is 2. The van der Waals surface area contributed by atoms with Gasteiger partial charge in [0.25, 0.3) is 0 Å². The number of hydrogen-bond donors (Lipinski definition) is 1. The smallest absolute Gasteiger partial charge is 0.130 e. The van der Waals surface area contributed by atoms with E-state index in [1.165, 1.54) is 11.1 Å². The third-order valence-electron chi connectivity index (χ3n) is 4.07. The van der Waals surface area contributed by atoms with Crippen molar-refractivity contribution in [2.24, 2.45) is 7.05 Å². The summed E-state index contributed by atoms with van der Waals surface area (Å²) in [4.78, 5) is 2.11. The normalized spacial score (nSPS) is 11.0. The van der Waals surface area contributed by atoms with Crippen molar-refractivity contribution in [2.75, 3.05) is 19.0 Å². The Morgan fingerprint density at radius 3 is 2.50 bits per heavy atom. The minimum atomic E-state index is 0.800. The van der Waals surface area contributed by atoms with Gasteiger partial charge in [-0.2, -0.15) is 10.2 Å². The van der Waals surface area contributed by atoms with E-state index in [1.807, 2.05) is 42.8 Å². The highest BCUT2D eigenvalue weighted by Crippen LogP contribution is 2.21. The average Bonchev–Trinajstić information content (AvgIpc) is 3.16. The number of nitrogens with one attached hydrogen (secondary N) is 1. The van der Waals surface area contributed by atoms with Gasteiger partial charge in [0, 0.05) is 52.2 Å². The highest BCUT2D eigenvalue weighted by Gasteiger charge is 2.14. The van der Waals surface area contributed by atoms with Crippen LogP contribution in [0.3, 0.4) is 0 Å². The molecule has 6 nitrogen and oxygen atoms in total. The lowest BCUT2D eigenvalue weighted by Crippen LogP contribution is -2.18. The second kappa shape index (κ2) is 6.88. The zero-order chi connectivity index (χ0) is 17.1. The second-order valence-corrected chi connectivity index (χ2v) is 6.13. The first kappa shape index (κ1) is 16.3. The first-order valence-electron chi connectivity index (χ1n) is 8.05. The van der Waals surface area contributed by atoms with Gasteiger partial charge in [-0.25, -0.2) is 4.68 Å². The average molecular weight is 324 g/mol. The van der Waals surface area contributed by atoms with Gasteiger partial charge in [0.2, 0.25) is 0 Å². The minimum absolute atomic E-state index is 0.800. The summed E-state index contributed by atoms with van der Waals surface area (Å²) in [6.07, 6.45) is 3.73. The predicted octanol–water partition coefficient (Wildman–Crippen LogP) is 2.27. The van der Waals surface area contributed by atoms with E-state index < -0.39 is 0 Å². The third kappa shape index (κ3) is 3.33. The molecule has 24 heavy (non-hydrogen) atoms. The number of anilines is 1. The Hall–Kier alpha value is -2.60. The second-order valence-electron chi connectivity index (χ2n) is 6.13. The molecule has 0 amide bonds. The Morgan fingerprint density at radius 2 is 1.88 bits per heavy atom. The molecule has 0 saturated carbocycles. The molecule has 0 bridgehead atoms. The molecule has 0 unspecified atom stereocenters. The molecule has 1 N–H and O–H groups in total. The van der Waals surface area contributed by atoms with Crippen LogP contribution in [0.2, 0.25) is 0 Å². The van der Waals surface area contributed by atoms with E-state index in [0.29, 0.717) is 0 Å². The topological polar surface area (TPSA) is 50.9 Å². The molecule has 2 aromatic heterocycles. The number of benzene rings is 1. The van der Waals surface area contributed by atoms with Gasteiger partial charge >= 0.3 is 0 Å². The van der Waals surface area contributed by atoms with E-state index in [1.54, 1.807) is 6.20 Å². The van der Waals surface area contributed by atoms with Crippen LogP contribution in [0.4, 0.5) is 5.82 Å². The summed E-state index contributed by atoms with van der Waals surface area (Å²) in [6.45, 7) is 3.68. The van der Waals surface area contributed by atoms with Gasteiger partial charge in [0.15, 0.2) is 0 Å². The van der Waals surface area contributed by atoms with Gasteiger partial charge in [0.1, 0.15) is 5.82 Å². The lowest BCUT2D eigenvalue weighted by atomic mass is 10.2. The van der Waals surface area contributed by atoms with Crippen molar-refractivity contribution in [1.82, 2.24) is 24.9 Å². The molecule has 2 heterocycles. The fourth-order valence-electron chi connectivity index (χ4n) is 2.98. The molecule has 1 aromatic carbocycles. The Balaban J connectivity index is 1.63. The predicted molar refractivity (Wildman–Crippen MR) is 96.4 cm³/mol. The monoisotopic (exact) mass is 324 g/mol. The molecule has 3 rings (SSSR count). The Labute approximate surface area is 142 Å². The maximum atomic E-state index is 4.52. The maximum absolute atomic E-state index is 4.52. The summed E-state index contributed by atoms with van der Waals surface area (Å²) in [7, 11) is 6.09. The molecule has 6 heteroatoms.